The number of fused-ring (bicyclic) bond motifs is 1. The minimum Gasteiger partial charge on any atom is -0.387 e. The Bertz CT molecular complexity index is 703. The van der Waals surface area contributed by atoms with E-state index in [1.165, 1.54) is 17.2 Å². The van der Waals surface area contributed by atoms with E-state index in [-0.39, 0.29) is 18.0 Å². The van der Waals surface area contributed by atoms with Crippen molar-refractivity contribution in [2.75, 3.05) is 5.73 Å². The molecule has 3 rings (SSSR count). The second-order valence-electron chi connectivity index (χ2n) is 5.23. The van der Waals surface area contributed by atoms with E-state index in [0.29, 0.717) is 17.6 Å². The second-order valence-corrected chi connectivity index (χ2v) is 5.23. The molecule has 2 aromatic heterocycles. The van der Waals surface area contributed by atoms with Crippen LogP contribution in [0.25, 0.3) is 11.2 Å². The number of carbonyl (C=O) groups is 1. The molecule has 9 heteroatoms. The smallest absolute Gasteiger partial charge is 0.167 e. The predicted octanol–water partition coefficient (Wildman–Crippen LogP) is -0.603. The van der Waals surface area contributed by atoms with Gasteiger partial charge < -0.3 is 20.7 Å². The number of ether oxygens (including phenoxy) is 1. The van der Waals surface area contributed by atoms with Gasteiger partial charge in [-0.25, -0.2) is 15.0 Å². The Morgan fingerprint density at radius 1 is 1.36 bits per heavy atom. The SMILES string of the molecule is CCCC(=O)[C@H]1O[C@@H](n2cnc3c(N)ncnc32)[C@H](O)[C@@H]1O. The zero-order valence-electron chi connectivity index (χ0n) is 12.0. The van der Waals surface area contributed by atoms with Gasteiger partial charge in [0.15, 0.2) is 23.5 Å². The van der Waals surface area contributed by atoms with E-state index < -0.39 is 24.5 Å². The van der Waals surface area contributed by atoms with Crippen molar-refractivity contribution in [1.29, 1.82) is 0 Å². The number of nitrogens with two attached hydrogens (primary N) is 1. The summed E-state index contributed by atoms with van der Waals surface area (Å²) < 4.78 is 7.01. The number of aliphatic hydroxyl groups is 2. The lowest BCUT2D eigenvalue weighted by atomic mass is 10.0. The normalized spacial score (nSPS) is 28.3. The second kappa shape index (κ2) is 5.59. The monoisotopic (exact) mass is 307 g/mol. The highest BCUT2D eigenvalue weighted by molar-refractivity contribution is 5.84. The molecule has 1 aliphatic heterocycles. The van der Waals surface area contributed by atoms with E-state index >= 15 is 0 Å². The van der Waals surface area contributed by atoms with Crippen LogP contribution in [0.4, 0.5) is 5.82 Å². The maximum atomic E-state index is 12.0. The van der Waals surface area contributed by atoms with E-state index in [9.17, 15) is 15.0 Å². The van der Waals surface area contributed by atoms with Crippen molar-refractivity contribution in [3.63, 3.8) is 0 Å². The first-order valence-electron chi connectivity index (χ1n) is 7.02. The first kappa shape index (κ1) is 14.8. The van der Waals surface area contributed by atoms with Gasteiger partial charge in [0.25, 0.3) is 0 Å². The van der Waals surface area contributed by atoms with Gasteiger partial charge in [0.1, 0.15) is 30.2 Å². The molecular formula is C13H17N5O4. The molecule has 0 aromatic carbocycles. The minimum absolute atomic E-state index is 0.204. The molecule has 4 atom stereocenters. The van der Waals surface area contributed by atoms with Crippen LogP contribution in [0.3, 0.4) is 0 Å². The molecule has 0 saturated carbocycles. The summed E-state index contributed by atoms with van der Waals surface area (Å²) in [6.07, 6.45) is -0.988. The van der Waals surface area contributed by atoms with Crippen molar-refractivity contribution < 1.29 is 19.7 Å². The molecule has 4 N–H and O–H groups in total. The van der Waals surface area contributed by atoms with Crippen LogP contribution in [0.2, 0.25) is 0 Å². The number of hydrogen-bond donors (Lipinski definition) is 3. The molecule has 118 valence electrons. The fourth-order valence-electron chi connectivity index (χ4n) is 2.60. The van der Waals surface area contributed by atoms with Gasteiger partial charge in [-0.3, -0.25) is 9.36 Å². The zero-order valence-corrected chi connectivity index (χ0v) is 12.0. The van der Waals surface area contributed by atoms with Crippen molar-refractivity contribution in [2.45, 2.75) is 44.3 Å². The Hall–Kier alpha value is -2.10. The molecule has 1 aliphatic rings. The number of aromatic nitrogens is 4. The fourth-order valence-corrected chi connectivity index (χ4v) is 2.60. The predicted molar refractivity (Wildman–Crippen MR) is 75.6 cm³/mol. The summed E-state index contributed by atoms with van der Waals surface area (Å²) in [6, 6.07) is 0. The first-order chi connectivity index (χ1) is 10.5. The molecule has 0 amide bonds. The molecule has 9 nitrogen and oxygen atoms in total. The van der Waals surface area contributed by atoms with Gasteiger partial charge in [0, 0.05) is 6.42 Å². The highest BCUT2D eigenvalue weighted by atomic mass is 16.6. The van der Waals surface area contributed by atoms with Crippen LogP contribution in [0, 0.1) is 0 Å². The Kier molecular flexibility index (Phi) is 3.77. The number of imidazole rings is 1. The van der Waals surface area contributed by atoms with E-state index in [1.807, 2.05) is 6.92 Å². The number of nitrogen functional groups attached to an aromatic ring is 1. The topological polar surface area (TPSA) is 136 Å². The lowest BCUT2D eigenvalue weighted by Gasteiger charge is -2.16. The molecule has 0 aliphatic carbocycles. The number of Topliss-reactive ketones (excluding diaryl/α,β-unsaturated/α-hetero) is 1. The molecule has 0 radical (unpaired) electrons. The van der Waals surface area contributed by atoms with Gasteiger partial charge in [-0.15, -0.1) is 0 Å². The lowest BCUT2D eigenvalue weighted by Crippen LogP contribution is -2.35. The highest BCUT2D eigenvalue weighted by Gasteiger charge is 2.47. The van der Waals surface area contributed by atoms with Gasteiger partial charge in [0.05, 0.1) is 6.33 Å². The van der Waals surface area contributed by atoms with E-state index in [4.69, 9.17) is 10.5 Å². The highest BCUT2D eigenvalue weighted by Crippen LogP contribution is 2.32. The average molecular weight is 307 g/mol. The molecule has 0 unspecified atom stereocenters. The van der Waals surface area contributed by atoms with Gasteiger partial charge in [-0.2, -0.15) is 0 Å². The summed E-state index contributed by atoms with van der Waals surface area (Å²) >= 11 is 0. The van der Waals surface area contributed by atoms with Crippen molar-refractivity contribution in [1.82, 2.24) is 19.5 Å². The van der Waals surface area contributed by atoms with Crippen LogP contribution in [0.5, 0.6) is 0 Å². The van der Waals surface area contributed by atoms with E-state index in [0.717, 1.165) is 0 Å². The third-order valence-electron chi connectivity index (χ3n) is 3.71. The Balaban J connectivity index is 1.94. The van der Waals surface area contributed by atoms with Gasteiger partial charge in [-0.05, 0) is 6.42 Å². The van der Waals surface area contributed by atoms with Gasteiger partial charge in [0.2, 0.25) is 0 Å². The summed E-state index contributed by atoms with van der Waals surface area (Å²) in [5, 5.41) is 20.3. The molecule has 1 saturated heterocycles. The maximum Gasteiger partial charge on any atom is 0.167 e. The quantitative estimate of drug-likeness (QED) is 0.681. The summed E-state index contributed by atoms with van der Waals surface area (Å²) in [5.74, 6) is -0.0366. The minimum atomic E-state index is -1.29. The Labute approximate surface area is 125 Å². The van der Waals surface area contributed by atoms with Crippen LogP contribution in [0.15, 0.2) is 12.7 Å². The van der Waals surface area contributed by atoms with Crippen LogP contribution < -0.4 is 5.73 Å². The van der Waals surface area contributed by atoms with Gasteiger partial charge in [-0.1, -0.05) is 6.92 Å². The van der Waals surface area contributed by atoms with Crippen LogP contribution in [-0.4, -0.2) is 53.8 Å². The summed E-state index contributed by atoms with van der Waals surface area (Å²) in [6.45, 7) is 1.86. The molecule has 0 spiro atoms. The summed E-state index contributed by atoms with van der Waals surface area (Å²) in [5.41, 5.74) is 6.45. The third-order valence-corrected chi connectivity index (χ3v) is 3.71. The van der Waals surface area contributed by atoms with Gasteiger partial charge >= 0.3 is 0 Å². The molecule has 1 fully saturated rings. The van der Waals surface area contributed by atoms with E-state index in [1.54, 1.807) is 0 Å². The third kappa shape index (κ3) is 2.23. The number of carbonyl (C=O) groups excluding carboxylic acids is 1. The Morgan fingerprint density at radius 3 is 2.86 bits per heavy atom. The maximum absolute atomic E-state index is 12.0. The van der Waals surface area contributed by atoms with E-state index in [2.05, 4.69) is 15.0 Å². The summed E-state index contributed by atoms with van der Waals surface area (Å²) in [4.78, 5) is 23.9. The molecule has 2 aromatic rings. The summed E-state index contributed by atoms with van der Waals surface area (Å²) in [7, 11) is 0. The van der Waals surface area contributed by atoms with Crippen molar-refractivity contribution in [2.24, 2.45) is 0 Å². The van der Waals surface area contributed by atoms with Crippen LogP contribution >= 0.6 is 0 Å². The number of hydrogen-bond acceptors (Lipinski definition) is 8. The van der Waals surface area contributed by atoms with Crippen molar-refractivity contribution in [3.8, 4) is 0 Å². The van der Waals surface area contributed by atoms with Crippen LogP contribution in [0.1, 0.15) is 26.0 Å². The standard InChI is InChI=1S/C13H17N5O4/c1-2-3-6(19)10-8(20)9(21)13(22-10)18-5-17-7-11(14)15-4-16-12(7)18/h4-5,8-10,13,20-21H,2-3H2,1H3,(H2,14,15,16)/t8-,9+,10+,13+/m0/s1. The largest absolute Gasteiger partial charge is 0.387 e. The number of nitrogens with zero attached hydrogens (tertiary/aromatic N) is 4. The number of aliphatic hydroxyl groups excluding tert-OH is 2. The number of anilines is 1. The number of rotatable bonds is 4. The average Bonchev–Trinajstić information content (AvgIpc) is 3.03. The first-order valence-corrected chi connectivity index (χ1v) is 7.02. The van der Waals surface area contributed by atoms with Crippen molar-refractivity contribution >= 4 is 22.8 Å². The Morgan fingerprint density at radius 2 is 2.14 bits per heavy atom. The fraction of sp³-hybridized carbons (Fsp3) is 0.538. The molecule has 0 bridgehead atoms. The zero-order chi connectivity index (χ0) is 15.9. The lowest BCUT2D eigenvalue weighted by molar-refractivity contribution is -0.135. The molecular weight excluding hydrogens is 290 g/mol. The molecule has 3 heterocycles. The molecule has 22 heavy (non-hydrogen) atoms. The number of ketones is 1. The van der Waals surface area contributed by atoms with Crippen LogP contribution in [-0.2, 0) is 9.53 Å². The van der Waals surface area contributed by atoms with Crippen molar-refractivity contribution in [3.05, 3.63) is 12.7 Å².